The van der Waals surface area contributed by atoms with E-state index in [4.69, 9.17) is 4.74 Å². The zero-order chi connectivity index (χ0) is 15.0. The summed E-state index contributed by atoms with van der Waals surface area (Å²) in [7, 11) is 1.58. The van der Waals surface area contributed by atoms with Crippen LogP contribution in [0.1, 0.15) is 24.9 Å². The van der Waals surface area contributed by atoms with Gasteiger partial charge in [0.2, 0.25) is 5.91 Å². The van der Waals surface area contributed by atoms with E-state index >= 15 is 0 Å². The van der Waals surface area contributed by atoms with Gasteiger partial charge in [0, 0.05) is 38.2 Å². The highest BCUT2D eigenvalue weighted by Crippen LogP contribution is 2.27. The predicted octanol–water partition coefficient (Wildman–Crippen LogP) is 0.901. The van der Waals surface area contributed by atoms with Gasteiger partial charge in [0.15, 0.2) is 0 Å². The number of carbonyl (C=O) groups excluding carboxylic acids is 1. The van der Waals surface area contributed by atoms with Crippen molar-refractivity contribution >= 4 is 5.91 Å². The fraction of sp³-hybridized carbons (Fsp3) is 0.500. The number of amides is 1. The second-order valence-electron chi connectivity index (χ2n) is 4.51. The molecule has 0 heterocycles. The SMILES string of the molecule is COCCNC(=O)CCNC(C)c1cc(O)ccc1O. The normalized spacial score (nSPS) is 12.1. The summed E-state index contributed by atoms with van der Waals surface area (Å²) in [4.78, 5) is 11.5. The van der Waals surface area contributed by atoms with Gasteiger partial charge in [-0.2, -0.15) is 0 Å². The van der Waals surface area contributed by atoms with E-state index in [0.29, 0.717) is 31.7 Å². The minimum absolute atomic E-state index is 0.0538. The van der Waals surface area contributed by atoms with Crippen molar-refractivity contribution in [3.8, 4) is 11.5 Å². The lowest BCUT2D eigenvalue weighted by atomic mass is 10.1. The Bertz CT molecular complexity index is 437. The molecule has 6 heteroatoms. The van der Waals surface area contributed by atoms with Crippen molar-refractivity contribution in [2.45, 2.75) is 19.4 Å². The predicted molar refractivity (Wildman–Crippen MR) is 75.7 cm³/mol. The minimum Gasteiger partial charge on any atom is -0.508 e. The van der Waals surface area contributed by atoms with Gasteiger partial charge in [0.05, 0.1) is 6.61 Å². The van der Waals surface area contributed by atoms with Crippen molar-refractivity contribution < 1.29 is 19.7 Å². The summed E-state index contributed by atoms with van der Waals surface area (Å²) in [6.45, 7) is 3.33. The standard InChI is InChI=1S/C14H22N2O4/c1-10(12-9-11(17)3-4-13(12)18)15-6-5-14(19)16-7-8-20-2/h3-4,9-10,15,17-18H,5-8H2,1-2H3,(H,16,19). The average Bonchev–Trinajstić information content (AvgIpc) is 2.41. The number of aromatic hydroxyl groups is 2. The molecule has 4 N–H and O–H groups in total. The van der Waals surface area contributed by atoms with Crippen LogP contribution < -0.4 is 10.6 Å². The molecule has 1 aromatic rings. The molecule has 0 aliphatic heterocycles. The summed E-state index contributed by atoms with van der Waals surface area (Å²) in [5.74, 6) is 0.165. The maximum Gasteiger partial charge on any atom is 0.221 e. The molecule has 0 saturated carbocycles. The van der Waals surface area contributed by atoms with Gasteiger partial charge in [-0.15, -0.1) is 0 Å². The second-order valence-corrected chi connectivity index (χ2v) is 4.51. The molecule has 0 aliphatic rings. The average molecular weight is 282 g/mol. The van der Waals surface area contributed by atoms with Crippen molar-refractivity contribution in [1.82, 2.24) is 10.6 Å². The third-order valence-corrected chi connectivity index (χ3v) is 2.91. The molecule has 1 unspecified atom stereocenters. The Labute approximate surface area is 118 Å². The Morgan fingerprint density at radius 2 is 2.10 bits per heavy atom. The molecule has 1 rings (SSSR count). The van der Waals surface area contributed by atoms with Crippen molar-refractivity contribution in [2.24, 2.45) is 0 Å². The molecule has 1 amide bonds. The number of benzene rings is 1. The Kier molecular flexibility index (Phi) is 6.83. The molecule has 0 aromatic heterocycles. The molecule has 20 heavy (non-hydrogen) atoms. The molecule has 6 nitrogen and oxygen atoms in total. The maximum absolute atomic E-state index is 11.5. The molecule has 112 valence electrons. The Hall–Kier alpha value is -1.79. The topological polar surface area (TPSA) is 90.8 Å². The number of rotatable bonds is 8. The largest absolute Gasteiger partial charge is 0.508 e. The van der Waals surface area contributed by atoms with Gasteiger partial charge >= 0.3 is 0 Å². The third kappa shape index (κ3) is 5.46. The first-order valence-corrected chi connectivity index (χ1v) is 6.55. The highest BCUT2D eigenvalue weighted by Gasteiger charge is 2.11. The quantitative estimate of drug-likeness (QED) is 0.420. The molecule has 0 spiro atoms. The lowest BCUT2D eigenvalue weighted by Crippen LogP contribution is -2.30. The number of nitrogens with one attached hydrogen (secondary N) is 2. The summed E-state index contributed by atoms with van der Waals surface area (Å²) in [5, 5.41) is 25.0. The van der Waals surface area contributed by atoms with Gasteiger partial charge < -0.3 is 25.6 Å². The van der Waals surface area contributed by atoms with Crippen LogP contribution in [0.25, 0.3) is 0 Å². The number of hydrogen-bond donors (Lipinski definition) is 4. The van der Waals surface area contributed by atoms with E-state index in [1.165, 1.54) is 18.2 Å². The highest BCUT2D eigenvalue weighted by atomic mass is 16.5. The number of methoxy groups -OCH3 is 1. The Balaban J connectivity index is 2.34. The molecule has 0 fully saturated rings. The van der Waals surface area contributed by atoms with Crippen LogP contribution in [0.3, 0.4) is 0 Å². The zero-order valence-electron chi connectivity index (χ0n) is 11.8. The zero-order valence-corrected chi connectivity index (χ0v) is 11.8. The van der Waals surface area contributed by atoms with Crippen molar-refractivity contribution in [3.63, 3.8) is 0 Å². The van der Waals surface area contributed by atoms with Gasteiger partial charge in [-0.1, -0.05) is 0 Å². The minimum atomic E-state index is -0.158. The highest BCUT2D eigenvalue weighted by molar-refractivity contribution is 5.76. The number of hydrogen-bond acceptors (Lipinski definition) is 5. The van der Waals surface area contributed by atoms with E-state index in [2.05, 4.69) is 10.6 Å². The third-order valence-electron chi connectivity index (χ3n) is 2.91. The van der Waals surface area contributed by atoms with Crippen LogP contribution in [0.15, 0.2) is 18.2 Å². The van der Waals surface area contributed by atoms with Crippen LogP contribution in [-0.4, -0.2) is 42.9 Å². The van der Waals surface area contributed by atoms with Crippen molar-refractivity contribution in [2.75, 3.05) is 26.8 Å². The summed E-state index contributed by atoms with van der Waals surface area (Å²) >= 11 is 0. The van der Waals surface area contributed by atoms with Crippen molar-refractivity contribution in [3.05, 3.63) is 23.8 Å². The summed E-state index contributed by atoms with van der Waals surface area (Å²) in [6, 6.07) is 4.22. The summed E-state index contributed by atoms with van der Waals surface area (Å²) < 4.78 is 4.84. The van der Waals surface area contributed by atoms with Crippen LogP contribution in [0.2, 0.25) is 0 Å². The van der Waals surface area contributed by atoms with E-state index in [1.807, 2.05) is 6.92 Å². The molecule has 0 radical (unpaired) electrons. The smallest absolute Gasteiger partial charge is 0.221 e. The van der Waals surface area contributed by atoms with Crippen LogP contribution in [0, 0.1) is 0 Å². The summed E-state index contributed by atoms with van der Waals surface area (Å²) in [5.41, 5.74) is 0.602. The first kappa shape index (κ1) is 16.3. The molecule has 0 bridgehead atoms. The van der Waals surface area contributed by atoms with Crippen molar-refractivity contribution in [1.29, 1.82) is 0 Å². The van der Waals surface area contributed by atoms with Gasteiger partial charge in [-0.25, -0.2) is 0 Å². The molecular formula is C14H22N2O4. The number of carbonyl (C=O) groups is 1. The molecule has 0 aliphatic carbocycles. The first-order valence-electron chi connectivity index (χ1n) is 6.55. The number of phenolic OH excluding ortho intramolecular Hbond substituents is 2. The Morgan fingerprint density at radius 3 is 2.80 bits per heavy atom. The Morgan fingerprint density at radius 1 is 1.35 bits per heavy atom. The molecule has 1 atom stereocenters. The molecule has 1 aromatic carbocycles. The first-order chi connectivity index (χ1) is 9.54. The number of ether oxygens (including phenoxy) is 1. The molecular weight excluding hydrogens is 260 g/mol. The van der Waals surface area contributed by atoms with E-state index < -0.39 is 0 Å². The number of phenols is 2. The van der Waals surface area contributed by atoms with Crippen LogP contribution in [0.5, 0.6) is 11.5 Å². The lowest BCUT2D eigenvalue weighted by Gasteiger charge is -2.15. The monoisotopic (exact) mass is 282 g/mol. The lowest BCUT2D eigenvalue weighted by molar-refractivity contribution is -0.121. The van der Waals surface area contributed by atoms with E-state index in [0.717, 1.165) is 0 Å². The fourth-order valence-electron chi connectivity index (χ4n) is 1.78. The van der Waals surface area contributed by atoms with Gasteiger partial charge in [0.1, 0.15) is 11.5 Å². The van der Waals surface area contributed by atoms with Gasteiger partial charge in [-0.05, 0) is 25.1 Å². The second kappa shape index (κ2) is 8.39. The van der Waals surface area contributed by atoms with Crippen LogP contribution >= 0.6 is 0 Å². The van der Waals surface area contributed by atoms with Crippen LogP contribution in [-0.2, 0) is 9.53 Å². The van der Waals surface area contributed by atoms with E-state index in [1.54, 1.807) is 7.11 Å². The van der Waals surface area contributed by atoms with Crippen LogP contribution in [0.4, 0.5) is 0 Å². The van der Waals surface area contributed by atoms with E-state index in [9.17, 15) is 15.0 Å². The molecule has 0 saturated heterocycles. The maximum atomic E-state index is 11.5. The summed E-state index contributed by atoms with van der Waals surface area (Å²) in [6.07, 6.45) is 0.341. The fourth-order valence-corrected chi connectivity index (χ4v) is 1.78. The van der Waals surface area contributed by atoms with Gasteiger partial charge in [0.25, 0.3) is 0 Å². The van der Waals surface area contributed by atoms with Gasteiger partial charge in [-0.3, -0.25) is 4.79 Å². The van der Waals surface area contributed by atoms with E-state index in [-0.39, 0.29) is 23.4 Å².